The number of likely N-dealkylation sites (N-methyl/N-ethyl adjacent to an activating group) is 1. The van der Waals surface area contributed by atoms with E-state index in [1.165, 1.54) is 9.21 Å². The molecule has 0 N–H and O–H groups in total. The second kappa shape index (κ2) is 7.77. The number of carbonyl (C=O) groups is 1. The zero-order valence-electron chi connectivity index (χ0n) is 15.8. The average molecular weight is 392 g/mol. The van der Waals surface area contributed by atoms with E-state index in [-0.39, 0.29) is 17.3 Å². The number of carbonyl (C=O) groups excluding carboxylic acids is 1. The normalized spacial score (nSPS) is 18.0. The Labute approximate surface area is 159 Å². The maximum Gasteiger partial charge on any atom is 0.246 e. The molecule has 27 heavy (non-hydrogen) atoms. The molecule has 1 aliphatic heterocycles. The molecule has 9 heteroatoms. The third-order valence-electron chi connectivity index (χ3n) is 4.69. The van der Waals surface area contributed by atoms with E-state index in [9.17, 15) is 13.2 Å². The topological polar surface area (TPSA) is 96.6 Å². The molecule has 0 bridgehead atoms. The largest absolute Gasteiger partial charge is 0.337 e. The van der Waals surface area contributed by atoms with Gasteiger partial charge in [-0.15, -0.1) is 0 Å². The third-order valence-corrected chi connectivity index (χ3v) is 6.61. The van der Waals surface area contributed by atoms with Gasteiger partial charge >= 0.3 is 0 Å². The Morgan fingerprint density at radius 1 is 1.33 bits per heavy atom. The van der Waals surface area contributed by atoms with Crippen LogP contribution in [0.25, 0.3) is 0 Å². The molecule has 1 atom stereocenters. The zero-order chi connectivity index (χ0) is 19.6. The van der Waals surface area contributed by atoms with Crippen molar-refractivity contribution in [3.63, 3.8) is 0 Å². The van der Waals surface area contributed by atoms with Crippen molar-refractivity contribution in [2.45, 2.75) is 50.6 Å². The third kappa shape index (κ3) is 4.03. The van der Waals surface area contributed by atoms with Gasteiger partial charge in [0.1, 0.15) is 6.04 Å². The predicted molar refractivity (Wildman–Crippen MR) is 98.2 cm³/mol. The number of nitrogens with zero attached hydrogens (tertiary/aromatic N) is 4. The zero-order valence-corrected chi connectivity index (χ0v) is 16.6. The van der Waals surface area contributed by atoms with E-state index in [0.29, 0.717) is 37.5 Å². The summed E-state index contributed by atoms with van der Waals surface area (Å²) >= 11 is 0. The van der Waals surface area contributed by atoms with E-state index < -0.39 is 16.1 Å². The van der Waals surface area contributed by atoms with Crippen LogP contribution in [-0.2, 0) is 27.8 Å². The van der Waals surface area contributed by atoms with Crippen LogP contribution in [0.4, 0.5) is 0 Å². The van der Waals surface area contributed by atoms with E-state index in [1.54, 1.807) is 31.3 Å². The van der Waals surface area contributed by atoms with Gasteiger partial charge in [0.15, 0.2) is 5.82 Å². The van der Waals surface area contributed by atoms with Crippen LogP contribution in [0.1, 0.15) is 37.0 Å². The summed E-state index contributed by atoms with van der Waals surface area (Å²) in [6.45, 7) is 4.30. The van der Waals surface area contributed by atoms with Gasteiger partial charge in [-0.1, -0.05) is 29.8 Å². The highest BCUT2D eigenvalue weighted by molar-refractivity contribution is 7.89. The van der Waals surface area contributed by atoms with Gasteiger partial charge in [0.05, 0.1) is 11.4 Å². The molecule has 2 heterocycles. The Bertz CT molecular complexity index is 908. The minimum absolute atomic E-state index is 0.154. The van der Waals surface area contributed by atoms with Crippen LogP contribution in [0, 0.1) is 6.92 Å². The molecule has 1 aromatic carbocycles. The molecule has 0 aliphatic carbocycles. The second-order valence-electron chi connectivity index (χ2n) is 6.74. The molecule has 1 fully saturated rings. The minimum Gasteiger partial charge on any atom is -0.337 e. The second-order valence-corrected chi connectivity index (χ2v) is 8.63. The quantitative estimate of drug-likeness (QED) is 0.743. The number of sulfonamides is 1. The lowest BCUT2D eigenvalue weighted by Crippen LogP contribution is -2.46. The molecule has 2 aromatic rings. The molecular formula is C18H24N4O4S. The summed E-state index contributed by atoms with van der Waals surface area (Å²) in [5, 5.41) is 3.82. The van der Waals surface area contributed by atoms with Crippen LogP contribution in [0.15, 0.2) is 33.7 Å². The molecule has 0 saturated carbocycles. The number of hydrogen-bond acceptors (Lipinski definition) is 6. The molecule has 0 unspecified atom stereocenters. The molecule has 0 radical (unpaired) electrons. The molecule has 1 aromatic heterocycles. The maximum atomic E-state index is 13.0. The van der Waals surface area contributed by atoms with Crippen LogP contribution >= 0.6 is 0 Å². The summed E-state index contributed by atoms with van der Waals surface area (Å²) in [5.74, 6) is 0.656. The van der Waals surface area contributed by atoms with Crippen LogP contribution in [0.2, 0.25) is 0 Å². The molecule has 146 valence electrons. The number of amides is 1. The summed E-state index contributed by atoms with van der Waals surface area (Å²) in [4.78, 5) is 18.7. The number of aromatic nitrogens is 2. The molecule has 1 amide bonds. The lowest BCUT2D eigenvalue weighted by molar-refractivity contribution is -0.134. The van der Waals surface area contributed by atoms with Crippen LogP contribution in [-0.4, -0.2) is 53.3 Å². The summed E-state index contributed by atoms with van der Waals surface area (Å²) in [6, 6.07) is 5.96. The maximum absolute atomic E-state index is 13.0. The van der Waals surface area contributed by atoms with Crippen LogP contribution in [0.3, 0.4) is 0 Å². The molecule has 1 aliphatic rings. The van der Waals surface area contributed by atoms with Gasteiger partial charge < -0.3 is 9.42 Å². The first-order valence-corrected chi connectivity index (χ1v) is 10.4. The highest BCUT2D eigenvalue weighted by Gasteiger charge is 2.40. The average Bonchev–Trinajstić information content (AvgIpc) is 3.31. The van der Waals surface area contributed by atoms with E-state index in [0.717, 1.165) is 5.56 Å². The smallest absolute Gasteiger partial charge is 0.246 e. The van der Waals surface area contributed by atoms with Crippen molar-refractivity contribution in [2.75, 3.05) is 13.6 Å². The first-order chi connectivity index (χ1) is 12.8. The van der Waals surface area contributed by atoms with Gasteiger partial charge in [0.2, 0.25) is 21.8 Å². The Kier molecular flexibility index (Phi) is 5.61. The molecule has 0 spiro atoms. The molecular weight excluding hydrogens is 368 g/mol. The lowest BCUT2D eigenvalue weighted by atomic mass is 10.2. The van der Waals surface area contributed by atoms with E-state index in [2.05, 4.69) is 10.1 Å². The van der Waals surface area contributed by atoms with Gasteiger partial charge in [-0.05, 0) is 31.9 Å². The molecule has 3 rings (SSSR count). The van der Waals surface area contributed by atoms with Crippen molar-refractivity contribution in [3.8, 4) is 0 Å². The van der Waals surface area contributed by atoms with Crippen LogP contribution in [0.5, 0.6) is 0 Å². The highest BCUT2D eigenvalue weighted by Crippen LogP contribution is 2.27. The first kappa shape index (κ1) is 19.5. The van der Waals surface area contributed by atoms with Gasteiger partial charge in [0, 0.05) is 20.0 Å². The highest BCUT2D eigenvalue weighted by atomic mass is 32.2. The monoisotopic (exact) mass is 392 g/mol. The van der Waals surface area contributed by atoms with Gasteiger partial charge in [-0.2, -0.15) is 9.29 Å². The van der Waals surface area contributed by atoms with E-state index >= 15 is 0 Å². The van der Waals surface area contributed by atoms with Crippen molar-refractivity contribution in [1.29, 1.82) is 0 Å². The fourth-order valence-electron chi connectivity index (χ4n) is 3.15. The number of hydrogen-bond donors (Lipinski definition) is 0. The van der Waals surface area contributed by atoms with Crippen LogP contribution < -0.4 is 0 Å². The number of rotatable bonds is 6. The SMILES string of the molecule is CCc1noc(CN(C)C(=O)[C@@H]2CCCN2S(=O)(=O)c2ccc(C)cc2)n1. The first-order valence-electron chi connectivity index (χ1n) is 8.98. The van der Waals surface area contributed by atoms with E-state index in [4.69, 9.17) is 4.52 Å². The Morgan fingerprint density at radius 3 is 2.67 bits per heavy atom. The van der Waals surface area contributed by atoms with Crippen molar-refractivity contribution < 1.29 is 17.7 Å². The predicted octanol–water partition coefficient (Wildman–Crippen LogP) is 1.75. The summed E-state index contributed by atoms with van der Waals surface area (Å²) in [5.41, 5.74) is 0.980. The molecule has 1 saturated heterocycles. The van der Waals surface area contributed by atoms with E-state index in [1.807, 2.05) is 13.8 Å². The van der Waals surface area contributed by atoms with Crippen molar-refractivity contribution in [2.24, 2.45) is 0 Å². The number of benzene rings is 1. The van der Waals surface area contributed by atoms with Gasteiger partial charge in [-0.25, -0.2) is 8.42 Å². The van der Waals surface area contributed by atoms with Gasteiger partial charge in [-0.3, -0.25) is 4.79 Å². The summed E-state index contributed by atoms with van der Waals surface area (Å²) < 4.78 is 32.4. The minimum atomic E-state index is -3.72. The summed E-state index contributed by atoms with van der Waals surface area (Å²) in [7, 11) is -2.10. The van der Waals surface area contributed by atoms with Crippen molar-refractivity contribution >= 4 is 15.9 Å². The number of aryl methyl sites for hydroxylation is 2. The fourth-order valence-corrected chi connectivity index (χ4v) is 4.80. The Hall–Kier alpha value is -2.26. The lowest BCUT2D eigenvalue weighted by Gasteiger charge is -2.26. The van der Waals surface area contributed by atoms with Crippen molar-refractivity contribution in [1.82, 2.24) is 19.3 Å². The Balaban J connectivity index is 1.76. The fraction of sp³-hybridized carbons (Fsp3) is 0.500. The Morgan fingerprint density at radius 2 is 2.04 bits per heavy atom. The molecule has 8 nitrogen and oxygen atoms in total. The summed E-state index contributed by atoms with van der Waals surface area (Å²) in [6.07, 6.45) is 1.79. The van der Waals surface area contributed by atoms with Gasteiger partial charge in [0.25, 0.3) is 0 Å². The standard InChI is InChI=1S/C18H24N4O4S/c1-4-16-19-17(26-20-16)12-21(3)18(23)15-6-5-11-22(15)27(24,25)14-9-7-13(2)8-10-14/h7-10,15H,4-6,11-12H2,1-3H3/t15-/m0/s1. The van der Waals surface area contributed by atoms with Crippen molar-refractivity contribution in [3.05, 3.63) is 41.5 Å².